The van der Waals surface area contributed by atoms with Crippen LogP contribution in [-0.4, -0.2) is 5.88 Å². The van der Waals surface area contributed by atoms with Gasteiger partial charge in [-0.1, -0.05) is 54.6 Å². The number of alkyl halides is 1. The Hall–Kier alpha value is -1.27. The Morgan fingerprint density at radius 1 is 0.812 bits per heavy atom. The molecule has 16 heavy (non-hydrogen) atoms. The zero-order chi connectivity index (χ0) is 11.2. The summed E-state index contributed by atoms with van der Waals surface area (Å²) in [5.74, 6) is 0.732. The third-order valence-corrected chi connectivity index (χ3v) is 2.90. The maximum Gasteiger partial charge on any atom is 0.0226 e. The molecule has 0 unspecified atom stereocenters. The second kappa shape index (κ2) is 5.72. The highest BCUT2D eigenvalue weighted by atomic mass is 35.5. The van der Waals surface area contributed by atoms with Gasteiger partial charge >= 0.3 is 0 Å². The first-order chi connectivity index (χ1) is 7.90. The lowest BCUT2D eigenvalue weighted by molar-refractivity contribution is 0.929. The Bertz CT molecular complexity index is 434. The van der Waals surface area contributed by atoms with Gasteiger partial charge in [-0.15, -0.1) is 11.6 Å². The Morgan fingerprint density at radius 3 is 2.31 bits per heavy atom. The predicted octanol–water partition coefficient (Wildman–Crippen LogP) is 4.53. The monoisotopic (exact) mass is 230 g/mol. The fraction of sp³-hybridized carbons (Fsp3) is 0.200. The van der Waals surface area contributed by atoms with Crippen molar-refractivity contribution in [1.29, 1.82) is 0 Å². The average molecular weight is 231 g/mol. The molecule has 0 nitrogen and oxygen atoms in total. The first kappa shape index (κ1) is 11.2. The molecule has 1 heteroatoms. The van der Waals surface area contributed by atoms with Gasteiger partial charge < -0.3 is 0 Å². The molecule has 0 bridgehead atoms. The van der Waals surface area contributed by atoms with E-state index in [1.807, 2.05) is 6.07 Å². The third-order valence-electron chi connectivity index (χ3n) is 2.63. The van der Waals surface area contributed by atoms with Crippen LogP contribution in [0.15, 0.2) is 54.6 Å². The first-order valence-corrected chi connectivity index (χ1v) is 6.14. The lowest BCUT2D eigenvalue weighted by Gasteiger charge is -2.04. The summed E-state index contributed by atoms with van der Waals surface area (Å²) in [4.78, 5) is 0. The summed E-state index contributed by atoms with van der Waals surface area (Å²) >= 11 is 5.71. The van der Waals surface area contributed by atoms with E-state index in [4.69, 9.17) is 11.6 Å². The van der Waals surface area contributed by atoms with E-state index in [9.17, 15) is 0 Å². The second-order valence-electron chi connectivity index (χ2n) is 3.86. The summed E-state index contributed by atoms with van der Waals surface area (Å²) in [7, 11) is 0. The zero-order valence-corrected chi connectivity index (χ0v) is 9.95. The van der Waals surface area contributed by atoms with Crippen molar-refractivity contribution in [3.63, 3.8) is 0 Å². The SMILES string of the molecule is ClCCCc1cccc(-c2ccccc2)c1. The fourth-order valence-electron chi connectivity index (χ4n) is 1.81. The molecule has 0 spiro atoms. The summed E-state index contributed by atoms with van der Waals surface area (Å²) in [6, 6.07) is 19.1. The summed E-state index contributed by atoms with van der Waals surface area (Å²) in [5, 5.41) is 0. The van der Waals surface area contributed by atoms with Crippen molar-refractivity contribution in [3.05, 3.63) is 60.2 Å². The van der Waals surface area contributed by atoms with Crippen molar-refractivity contribution >= 4 is 11.6 Å². The summed E-state index contributed by atoms with van der Waals surface area (Å²) in [5.41, 5.74) is 3.92. The van der Waals surface area contributed by atoms with Crippen LogP contribution in [0.4, 0.5) is 0 Å². The normalized spacial score (nSPS) is 10.3. The quantitative estimate of drug-likeness (QED) is 0.678. The lowest BCUT2D eigenvalue weighted by atomic mass is 10.0. The molecule has 2 aromatic carbocycles. The lowest BCUT2D eigenvalue weighted by Crippen LogP contribution is -1.87. The van der Waals surface area contributed by atoms with E-state index >= 15 is 0 Å². The molecule has 2 rings (SSSR count). The van der Waals surface area contributed by atoms with Crippen molar-refractivity contribution in [2.24, 2.45) is 0 Å². The van der Waals surface area contributed by atoms with Crippen molar-refractivity contribution in [1.82, 2.24) is 0 Å². The van der Waals surface area contributed by atoms with E-state index in [0.29, 0.717) is 0 Å². The summed E-state index contributed by atoms with van der Waals surface area (Å²) in [6.07, 6.45) is 2.10. The van der Waals surface area contributed by atoms with E-state index in [1.54, 1.807) is 0 Å². The van der Waals surface area contributed by atoms with Gasteiger partial charge in [-0.3, -0.25) is 0 Å². The molecule has 2 aromatic rings. The Labute approximate surface area is 102 Å². The Balaban J connectivity index is 2.22. The standard InChI is InChI=1S/C15H15Cl/c16-11-5-7-13-6-4-10-15(12-13)14-8-2-1-3-9-14/h1-4,6,8-10,12H,5,7,11H2. The summed E-state index contributed by atoms with van der Waals surface area (Å²) in [6.45, 7) is 0. The van der Waals surface area contributed by atoms with Gasteiger partial charge in [0.1, 0.15) is 0 Å². The minimum Gasteiger partial charge on any atom is -0.127 e. The number of hydrogen-bond donors (Lipinski definition) is 0. The van der Waals surface area contributed by atoms with Crippen molar-refractivity contribution in [2.45, 2.75) is 12.8 Å². The van der Waals surface area contributed by atoms with Gasteiger partial charge in [0.25, 0.3) is 0 Å². The number of benzene rings is 2. The van der Waals surface area contributed by atoms with E-state index in [0.717, 1.165) is 18.7 Å². The maximum atomic E-state index is 5.71. The molecule has 0 fully saturated rings. The molecule has 0 aliphatic carbocycles. The molecular formula is C15H15Cl. The zero-order valence-electron chi connectivity index (χ0n) is 9.20. The Morgan fingerprint density at radius 2 is 1.56 bits per heavy atom. The highest BCUT2D eigenvalue weighted by Crippen LogP contribution is 2.20. The predicted molar refractivity (Wildman–Crippen MR) is 70.9 cm³/mol. The van der Waals surface area contributed by atoms with Gasteiger partial charge in [-0.2, -0.15) is 0 Å². The van der Waals surface area contributed by atoms with Crippen LogP contribution < -0.4 is 0 Å². The van der Waals surface area contributed by atoms with Crippen molar-refractivity contribution < 1.29 is 0 Å². The highest BCUT2D eigenvalue weighted by molar-refractivity contribution is 6.17. The van der Waals surface area contributed by atoms with Crippen LogP contribution in [0.3, 0.4) is 0 Å². The topological polar surface area (TPSA) is 0 Å². The molecule has 0 heterocycles. The molecule has 0 amide bonds. The van der Waals surface area contributed by atoms with Gasteiger partial charge in [0.05, 0.1) is 0 Å². The second-order valence-corrected chi connectivity index (χ2v) is 4.24. The number of rotatable bonds is 4. The van der Waals surface area contributed by atoms with E-state index < -0.39 is 0 Å². The van der Waals surface area contributed by atoms with Crippen LogP contribution in [0.2, 0.25) is 0 Å². The smallest absolute Gasteiger partial charge is 0.0226 e. The fourth-order valence-corrected chi connectivity index (χ4v) is 1.94. The first-order valence-electron chi connectivity index (χ1n) is 5.60. The maximum absolute atomic E-state index is 5.71. The average Bonchev–Trinajstić information content (AvgIpc) is 2.38. The van der Waals surface area contributed by atoms with E-state index in [1.165, 1.54) is 16.7 Å². The molecule has 0 aliphatic heterocycles. The van der Waals surface area contributed by atoms with Crippen LogP contribution in [0.1, 0.15) is 12.0 Å². The molecule has 0 aliphatic rings. The molecule has 0 N–H and O–H groups in total. The van der Waals surface area contributed by atoms with E-state index in [-0.39, 0.29) is 0 Å². The van der Waals surface area contributed by atoms with Crippen LogP contribution in [-0.2, 0) is 6.42 Å². The van der Waals surface area contributed by atoms with Crippen molar-refractivity contribution in [2.75, 3.05) is 5.88 Å². The van der Waals surface area contributed by atoms with Gasteiger partial charge in [0.2, 0.25) is 0 Å². The van der Waals surface area contributed by atoms with E-state index in [2.05, 4.69) is 48.5 Å². The van der Waals surface area contributed by atoms with Crippen molar-refractivity contribution in [3.8, 4) is 11.1 Å². The number of halogens is 1. The van der Waals surface area contributed by atoms with Crippen LogP contribution in [0, 0.1) is 0 Å². The number of aryl methyl sites for hydroxylation is 1. The largest absolute Gasteiger partial charge is 0.127 e. The minimum atomic E-state index is 0.732. The molecule has 82 valence electrons. The molecule has 0 saturated carbocycles. The van der Waals surface area contributed by atoms with Crippen LogP contribution in [0.25, 0.3) is 11.1 Å². The third kappa shape index (κ3) is 2.86. The molecule has 0 aromatic heterocycles. The van der Waals surface area contributed by atoms with Gasteiger partial charge in [0, 0.05) is 5.88 Å². The molecule has 0 radical (unpaired) electrons. The number of hydrogen-bond acceptors (Lipinski definition) is 0. The van der Waals surface area contributed by atoms with Gasteiger partial charge in [-0.25, -0.2) is 0 Å². The molecule has 0 saturated heterocycles. The highest BCUT2D eigenvalue weighted by Gasteiger charge is 1.98. The summed E-state index contributed by atoms with van der Waals surface area (Å²) < 4.78 is 0. The molecular weight excluding hydrogens is 216 g/mol. The van der Waals surface area contributed by atoms with Crippen LogP contribution in [0.5, 0.6) is 0 Å². The molecule has 0 atom stereocenters. The van der Waals surface area contributed by atoms with Gasteiger partial charge in [-0.05, 0) is 29.5 Å². The Kier molecular flexibility index (Phi) is 4.01. The van der Waals surface area contributed by atoms with Gasteiger partial charge in [0.15, 0.2) is 0 Å². The minimum absolute atomic E-state index is 0.732. The van der Waals surface area contributed by atoms with Crippen LogP contribution >= 0.6 is 11.6 Å².